The monoisotopic (exact) mass is 610 g/mol. The van der Waals surface area contributed by atoms with Gasteiger partial charge in [-0.05, 0) is 77.3 Å². The van der Waals surface area contributed by atoms with Crippen molar-refractivity contribution in [3.05, 3.63) is 41.7 Å². The molecule has 1 aromatic heterocycles. The standard InChI is InChI=1S/C33H50N6O5/c1-24(2)21-38(31(41)29-28(16-10-13-19-43-6)39(35-34-29)26-14-8-7-9-15-26)27-20-25(30(40)36-17-11-12-18-36)22-37(23-27)32(42)44-33(3,4)5/h7-9,14-15,24-25,27H,10-13,16-23H2,1-6H3/t25-,27+/m1/s1. The number of para-hydroxylation sites is 1. The van der Waals surface area contributed by atoms with E-state index >= 15 is 0 Å². The van der Waals surface area contributed by atoms with Crippen LogP contribution in [0, 0.1) is 11.8 Å². The summed E-state index contributed by atoms with van der Waals surface area (Å²) in [5.74, 6) is -0.453. The van der Waals surface area contributed by atoms with E-state index in [4.69, 9.17) is 9.47 Å². The van der Waals surface area contributed by atoms with Crippen molar-refractivity contribution >= 4 is 17.9 Å². The van der Waals surface area contributed by atoms with Gasteiger partial charge in [-0.2, -0.15) is 0 Å². The minimum atomic E-state index is -0.681. The molecule has 0 unspecified atom stereocenters. The molecule has 11 nitrogen and oxygen atoms in total. The fraction of sp³-hybridized carbons (Fsp3) is 0.667. The Morgan fingerprint density at radius 2 is 1.73 bits per heavy atom. The molecule has 0 saturated carbocycles. The van der Waals surface area contributed by atoms with E-state index < -0.39 is 17.6 Å². The van der Waals surface area contributed by atoms with Crippen LogP contribution in [0.25, 0.3) is 5.69 Å². The van der Waals surface area contributed by atoms with Crippen molar-refractivity contribution in [3.63, 3.8) is 0 Å². The molecule has 11 heteroatoms. The second-order valence-electron chi connectivity index (χ2n) is 13.4. The lowest BCUT2D eigenvalue weighted by atomic mass is 9.91. The fourth-order valence-corrected chi connectivity index (χ4v) is 6.08. The third-order valence-corrected chi connectivity index (χ3v) is 8.09. The van der Waals surface area contributed by atoms with Crippen LogP contribution in [0.4, 0.5) is 4.79 Å². The summed E-state index contributed by atoms with van der Waals surface area (Å²) >= 11 is 0. The van der Waals surface area contributed by atoms with Crippen LogP contribution in [-0.4, -0.2) is 106 Å². The summed E-state index contributed by atoms with van der Waals surface area (Å²) in [4.78, 5) is 46.9. The number of carbonyl (C=O) groups excluding carboxylic acids is 3. The summed E-state index contributed by atoms with van der Waals surface area (Å²) < 4.78 is 12.7. The maximum atomic E-state index is 14.5. The number of hydrogen-bond acceptors (Lipinski definition) is 7. The number of carbonyl (C=O) groups is 3. The molecule has 0 spiro atoms. The van der Waals surface area contributed by atoms with Gasteiger partial charge in [0.05, 0.1) is 23.3 Å². The summed E-state index contributed by atoms with van der Waals surface area (Å²) in [6.07, 6.45) is 4.23. The van der Waals surface area contributed by atoms with Gasteiger partial charge in [0.25, 0.3) is 5.91 Å². The molecule has 2 atom stereocenters. The zero-order chi connectivity index (χ0) is 31.9. The quantitative estimate of drug-likeness (QED) is 0.343. The Morgan fingerprint density at radius 3 is 2.36 bits per heavy atom. The van der Waals surface area contributed by atoms with Gasteiger partial charge in [-0.25, -0.2) is 9.48 Å². The maximum absolute atomic E-state index is 14.5. The number of benzene rings is 1. The molecular formula is C33H50N6O5. The van der Waals surface area contributed by atoms with Crippen LogP contribution in [-0.2, 0) is 20.7 Å². The van der Waals surface area contributed by atoms with Gasteiger partial charge in [0.15, 0.2) is 5.69 Å². The van der Waals surface area contributed by atoms with E-state index in [9.17, 15) is 14.4 Å². The van der Waals surface area contributed by atoms with Crippen molar-refractivity contribution in [1.29, 1.82) is 0 Å². The largest absolute Gasteiger partial charge is 0.444 e. The molecule has 2 aromatic rings. The number of hydrogen-bond donors (Lipinski definition) is 0. The van der Waals surface area contributed by atoms with Gasteiger partial charge in [0, 0.05) is 46.4 Å². The number of aromatic nitrogens is 3. The lowest BCUT2D eigenvalue weighted by Crippen LogP contribution is -2.58. The molecule has 0 N–H and O–H groups in total. The Balaban J connectivity index is 1.68. The highest BCUT2D eigenvalue weighted by atomic mass is 16.6. The molecule has 0 aliphatic carbocycles. The number of likely N-dealkylation sites (tertiary alicyclic amines) is 2. The zero-order valence-corrected chi connectivity index (χ0v) is 27.3. The molecule has 4 rings (SSSR count). The summed E-state index contributed by atoms with van der Waals surface area (Å²) in [7, 11) is 1.68. The number of piperidine rings is 1. The van der Waals surface area contributed by atoms with Crippen LogP contribution in [0.5, 0.6) is 0 Å². The first-order chi connectivity index (χ1) is 21.0. The molecular weight excluding hydrogens is 560 g/mol. The summed E-state index contributed by atoms with van der Waals surface area (Å²) in [5, 5.41) is 8.88. The van der Waals surface area contributed by atoms with E-state index in [2.05, 4.69) is 24.2 Å². The van der Waals surface area contributed by atoms with E-state index in [0.717, 1.165) is 50.2 Å². The SMILES string of the molecule is COCCCCc1c(C(=O)N(CC(C)C)[C@H]2C[C@@H](C(=O)N3CCCC3)CN(C(=O)OC(C)(C)C)C2)nnn1-c1ccccc1. The number of amides is 3. The molecule has 3 heterocycles. The van der Waals surface area contributed by atoms with Gasteiger partial charge in [-0.3, -0.25) is 9.59 Å². The molecule has 0 radical (unpaired) electrons. The molecule has 242 valence electrons. The Morgan fingerprint density at radius 1 is 1.02 bits per heavy atom. The van der Waals surface area contributed by atoms with Crippen molar-refractivity contribution in [3.8, 4) is 5.69 Å². The van der Waals surface area contributed by atoms with E-state index in [1.165, 1.54) is 0 Å². The number of ether oxygens (including phenoxy) is 2. The second kappa shape index (κ2) is 15.0. The van der Waals surface area contributed by atoms with Crippen molar-refractivity contribution < 1.29 is 23.9 Å². The summed E-state index contributed by atoms with van der Waals surface area (Å²) in [6.45, 7) is 12.7. The topological polar surface area (TPSA) is 110 Å². The first-order valence-corrected chi connectivity index (χ1v) is 16.0. The predicted octanol–water partition coefficient (Wildman–Crippen LogP) is 4.58. The smallest absolute Gasteiger partial charge is 0.410 e. The molecule has 44 heavy (non-hydrogen) atoms. The van der Waals surface area contributed by atoms with Gasteiger partial charge < -0.3 is 24.2 Å². The zero-order valence-electron chi connectivity index (χ0n) is 27.3. The maximum Gasteiger partial charge on any atom is 0.410 e. The number of nitrogens with zero attached hydrogens (tertiary/aromatic N) is 6. The van der Waals surface area contributed by atoms with E-state index in [1.807, 2.05) is 60.9 Å². The molecule has 2 aliphatic rings. The van der Waals surface area contributed by atoms with Crippen molar-refractivity contribution in [1.82, 2.24) is 29.7 Å². The van der Waals surface area contributed by atoms with Crippen molar-refractivity contribution in [2.24, 2.45) is 11.8 Å². The minimum Gasteiger partial charge on any atom is -0.444 e. The van der Waals surface area contributed by atoms with E-state index in [1.54, 1.807) is 16.7 Å². The first-order valence-electron chi connectivity index (χ1n) is 16.0. The van der Waals surface area contributed by atoms with Crippen LogP contribution in [0.15, 0.2) is 30.3 Å². The summed E-state index contributed by atoms with van der Waals surface area (Å²) in [5.41, 5.74) is 1.21. The first kappa shape index (κ1) is 33.4. The third-order valence-electron chi connectivity index (χ3n) is 8.09. The van der Waals surface area contributed by atoms with Gasteiger partial charge in [-0.1, -0.05) is 37.3 Å². The van der Waals surface area contributed by atoms with E-state index in [0.29, 0.717) is 31.7 Å². The van der Waals surface area contributed by atoms with Crippen LogP contribution < -0.4 is 0 Å². The van der Waals surface area contributed by atoms with Crippen LogP contribution in [0.1, 0.15) is 82.9 Å². The highest BCUT2D eigenvalue weighted by Crippen LogP contribution is 2.28. The molecule has 0 bridgehead atoms. The third kappa shape index (κ3) is 8.58. The van der Waals surface area contributed by atoms with Gasteiger partial charge in [0.1, 0.15) is 5.60 Å². The highest BCUT2D eigenvalue weighted by molar-refractivity contribution is 5.94. The average Bonchev–Trinajstić information content (AvgIpc) is 3.67. The van der Waals surface area contributed by atoms with Gasteiger partial charge >= 0.3 is 6.09 Å². The molecule has 2 aliphatic heterocycles. The van der Waals surface area contributed by atoms with E-state index in [-0.39, 0.29) is 36.9 Å². The Bertz CT molecular complexity index is 1250. The normalized spacial score (nSPS) is 19.0. The Labute approximate surface area is 261 Å². The summed E-state index contributed by atoms with van der Waals surface area (Å²) in [6, 6.07) is 9.32. The predicted molar refractivity (Wildman–Crippen MR) is 168 cm³/mol. The lowest BCUT2D eigenvalue weighted by molar-refractivity contribution is -0.137. The Hall–Kier alpha value is -3.47. The Kier molecular flexibility index (Phi) is 11.4. The average molecular weight is 611 g/mol. The molecule has 2 saturated heterocycles. The number of methoxy groups -OCH3 is 1. The fourth-order valence-electron chi connectivity index (χ4n) is 6.08. The highest BCUT2D eigenvalue weighted by Gasteiger charge is 2.42. The van der Waals surface area contributed by atoms with Crippen LogP contribution >= 0.6 is 0 Å². The lowest BCUT2D eigenvalue weighted by Gasteiger charge is -2.43. The van der Waals surface area contributed by atoms with Gasteiger partial charge in [0.2, 0.25) is 5.91 Å². The minimum absolute atomic E-state index is 0.0477. The molecule has 1 aromatic carbocycles. The second-order valence-corrected chi connectivity index (χ2v) is 13.4. The van der Waals surface area contributed by atoms with Crippen molar-refractivity contribution in [2.45, 2.75) is 84.8 Å². The van der Waals surface area contributed by atoms with Gasteiger partial charge in [-0.15, -0.1) is 5.10 Å². The number of unbranched alkanes of at least 4 members (excludes halogenated alkanes) is 1. The van der Waals surface area contributed by atoms with Crippen molar-refractivity contribution in [2.75, 3.05) is 46.4 Å². The van der Waals surface area contributed by atoms with Crippen LogP contribution in [0.3, 0.4) is 0 Å². The molecule has 2 fully saturated rings. The molecule has 3 amide bonds. The number of rotatable bonds is 11. The van der Waals surface area contributed by atoms with Crippen LogP contribution in [0.2, 0.25) is 0 Å².